The second kappa shape index (κ2) is 20.2. The summed E-state index contributed by atoms with van der Waals surface area (Å²) < 4.78 is 4.94. The van der Waals surface area contributed by atoms with Gasteiger partial charge in [-0.1, -0.05) is 42.0 Å². The molecule has 0 bridgehead atoms. The van der Waals surface area contributed by atoms with E-state index in [-0.39, 0.29) is 32.7 Å². The fraction of sp³-hybridized carbons (Fsp3) is 0.143. The van der Waals surface area contributed by atoms with Crippen LogP contribution in [0.4, 0.5) is 0 Å². The van der Waals surface area contributed by atoms with Crippen LogP contribution in [0.2, 0.25) is 0 Å². The predicted molar refractivity (Wildman–Crippen MR) is 123 cm³/mol. The summed E-state index contributed by atoms with van der Waals surface area (Å²) in [6.07, 6.45) is 27.8. The van der Waals surface area contributed by atoms with Crippen LogP contribution < -0.4 is 0 Å². The van der Waals surface area contributed by atoms with E-state index in [1.165, 1.54) is 18.4 Å². The van der Waals surface area contributed by atoms with Crippen molar-refractivity contribution in [1.29, 1.82) is 0 Å². The van der Waals surface area contributed by atoms with Gasteiger partial charge in [-0.15, -0.1) is 42.0 Å². The van der Waals surface area contributed by atoms with Crippen molar-refractivity contribution in [2.24, 2.45) is 0 Å². The van der Waals surface area contributed by atoms with Crippen LogP contribution in [0.5, 0.6) is 0 Å². The van der Waals surface area contributed by atoms with Gasteiger partial charge in [0.1, 0.15) is 0 Å². The molecule has 11 radical (unpaired) electrons. The Morgan fingerprint density at radius 3 is 1.33 bits per heavy atom. The summed E-state index contributed by atoms with van der Waals surface area (Å²) in [5, 5.41) is 0. The molecule has 0 unspecified atom stereocenters. The molecular weight excluding hydrogens is 441 g/mol. The summed E-state index contributed by atoms with van der Waals surface area (Å²) in [7, 11) is 0. The molecule has 151 valence electrons. The molecule has 2 aliphatic carbocycles. The smallest absolute Gasteiger partial charge is 0.0466 e. The predicted octanol–water partition coefficient (Wildman–Crippen LogP) is 6.39. The first-order chi connectivity index (χ1) is 14.4. The zero-order valence-corrected chi connectivity index (χ0v) is 20.3. The van der Waals surface area contributed by atoms with Gasteiger partial charge in [0, 0.05) is 45.9 Å². The van der Waals surface area contributed by atoms with Gasteiger partial charge in [0.25, 0.3) is 0 Å². The summed E-state index contributed by atoms with van der Waals surface area (Å²) in [4.78, 5) is 0. The van der Waals surface area contributed by atoms with Crippen molar-refractivity contribution in [3.63, 3.8) is 0 Å². The van der Waals surface area contributed by atoms with E-state index in [0.29, 0.717) is 0 Å². The average molecular weight is 470 g/mol. The van der Waals surface area contributed by atoms with E-state index in [1.54, 1.807) is 0 Å². The van der Waals surface area contributed by atoms with Gasteiger partial charge in [0.2, 0.25) is 0 Å². The second-order valence-electron chi connectivity index (χ2n) is 6.31. The Morgan fingerprint density at radius 2 is 0.967 bits per heavy atom. The standard InChI is InChI=1S/C14H11.2C5H5.C4H8O.Y/c1-3-7-13(8-4-1)11-12-14-9-5-2-6-10-14;3*1-2-4-5-3-1;/h1-11H;2*1-5H;1-4H2;/q-1;;;;. The molecule has 0 N–H and O–H groups in total. The van der Waals surface area contributed by atoms with Crippen molar-refractivity contribution < 1.29 is 37.4 Å². The third kappa shape index (κ3) is 15.1. The van der Waals surface area contributed by atoms with Gasteiger partial charge in [0.15, 0.2) is 0 Å². The second-order valence-corrected chi connectivity index (χ2v) is 6.31. The zero-order valence-electron chi connectivity index (χ0n) is 17.4. The summed E-state index contributed by atoms with van der Waals surface area (Å²) in [6, 6.07) is 20.3. The Labute approximate surface area is 210 Å². The number of benzene rings is 2. The van der Waals surface area contributed by atoms with E-state index in [9.17, 15) is 0 Å². The number of rotatable bonds is 2. The Bertz CT molecular complexity index is 523. The van der Waals surface area contributed by atoms with Gasteiger partial charge < -0.3 is 4.74 Å². The van der Waals surface area contributed by atoms with E-state index in [0.717, 1.165) is 18.8 Å². The van der Waals surface area contributed by atoms with Crippen LogP contribution in [-0.2, 0) is 37.4 Å². The zero-order chi connectivity index (χ0) is 20.2. The maximum absolute atomic E-state index is 4.94. The van der Waals surface area contributed by atoms with Crippen molar-refractivity contribution in [2.45, 2.75) is 12.8 Å². The molecular formula is C28H29OY-. The molecule has 2 heteroatoms. The molecule has 1 saturated heterocycles. The first-order valence-electron chi connectivity index (χ1n) is 10.1. The first-order valence-corrected chi connectivity index (χ1v) is 10.1. The molecule has 2 aromatic rings. The summed E-state index contributed by atoms with van der Waals surface area (Å²) in [5.74, 6) is 0. The summed E-state index contributed by atoms with van der Waals surface area (Å²) in [5.41, 5.74) is 2.28. The quantitative estimate of drug-likeness (QED) is 0.365. The number of hydrogen-bond donors (Lipinski definition) is 0. The maximum atomic E-state index is 4.94. The van der Waals surface area contributed by atoms with E-state index >= 15 is 0 Å². The first kappa shape index (κ1) is 27.3. The Morgan fingerprint density at radius 1 is 0.567 bits per heavy atom. The minimum absolute atomic E-state index is 0. The molecule has 1 aliphatic heterocycles. The molecule has 1 heterocycles. The van der Waals surface area contributed by atoms with Crippen molar-refractivity contribution in [3.05, 3.63) is 142 Å². The Hall–Kier alpha value is -0.756. The number of ether oxygens (including phenoxy) is 1. The molecule has 3 aliphatic rings. The largest absolute Gasteiger partial charge is 0.381 e. The molecule has 0 aromatic heterocycles. The molecule has 3 fully saturated rings. The third-order valence-electron chi connectivity index (χ3n) is 3.92. The van der Waals surface area contributed by atoms with Gasteiger partial charge in [-0.3, -0.25) is 0 Å². The van der Waals surface area contributed by atoms with Crippen LogP contribution in [0.15, 0.2) is 60.7 Å². The molecule has 0 atom stereocenters. The van der Waals surface area contributed by atoms with E-state index in [4.69, 9.17) is 4.74 Å². The van der Waals surface area contributed by atoms with Gasteiger partial charge in [-0.05, 0) is 77.0 Å². The van der Waals surface area contributed by atoms with Gasteiger partial charge in [-0.25, -0.2) is 0 Å². The fourth-order valence-corrected chi connectivity index (χ4v) is 2.40. The fourth-order valence-electron chi connectivity index (χ4n) is 2.40. The van der Waals surface area contributed by atoms with Crippen LogP contribution in [0.3, 0.4) is 0 Å². The average Bonchev–Trinajstić information content (AvgIpc) is 3.61. The molecule has 0 spiro atoms. The topological polar surface area (TPSA) is 9.23 Å². The van der Waals surface area contributed by atoms with Crippen LogP contribution in [0.1, 0.15) is 24.0 Å². The van der Waals surface area contributed by atoms with Crippen LogP contribution in [0, 0.1) is 70.3 Å². The maximum Gasteiger partial charge on any atom is 0.0466 e. The van der Waals surface area contributed by atoms with Crippen molar-refractivity contribution >= 4 is 6.08 Å². The van der Waals surface area contributed by atoms with Crippen LogP contribution >= 0.6 is 0 Å². The van der Waals surface area contributed by atoms with Crippen molar-refractivity contribution in [1.82, 2.24) is 0 Å². The molecule has 1 nitrogen and oxygen atoms in total. The van der Waals surface area contributed by atoms with Crippen LogP contribution in [0.25, 0.3) is 6.08 Å². The minimum atomic E-state index is 0. The monoisotopic (exact) mass is 470 g/mol. The van der Waals surface area contributed by atoms with E-state index in [1.807, 2.05) is 119 Å². The van der Waals surface area contributed by atoms with Gasteiger partial charge in [0.05, 0.1) is 0 Å². The molecule has 2 aromatic carbocycles. The van der Waals surface area contributed by atoms with Crippen LogP contribution in [-0.4, -0.2) is 13.2 Å². The molecule has 2 saturated carbocycles. The summed E-state index contributed by atoms with van der Waals surface area (Å²) in [6.45, 7) is 2.00. The molecule has 0 amide bonds. The normalized spacial score (nSPS) is 16.9. The van der Waals surface area contributed by atoms with E-state index < -0.39 is 0 Å². The Kier molecular flexibility index (Phi) is 18.3. The molecule has 5 rings (SSSR count). The van der Waals surface area contributed by atoms with Crippen molar-refractivity contribution in [2.75, 3.05) is 13.2 Å². The van der Waals surface area contributed by atoms with Gasteiger partial charge >= 0.3 is 0 Å². The summed E-state index contributed by atoms with van der Waals surface area (Å²) >= 11 is 0. The SMILES string of the molecule is C1CCOC1.[C-](=Cc1ccccc1)c1ccccc1.[CH]1[CH][CH][CH][CH]1.[CH]1[CH][CH][CH][CH]1.[Y]. The van der Waals surface area contributed by atoms with Crippen molar-refractivity contribution in [3.8, 4) is 0 Å². The minimum Gasteiger partial charge on any atom is -0.381 e. The third-order valence-corrected chi connectivity index (χ3v) is 3.92. The molecule has 30 heavy (non-hydrogen) atoms. The van der Waals surface area contributed by atoms with E-state index in [2.05, 4.69) is 18.2 Å². The number of hydrogen-bond acceptors (Lipinski definition) is 1. The van der Waals surface area contributed by atoms with Gasteiger partial charge in [-0.2, -0.15) is 0 Å². The Balaban J connectivity index is 0.000000231.